The lowest BCUT2D eigenvalue weighted by atomic mass is 10.1. The van der Waals surface area contributed by atoms with Gasteiger partial charge in [-0.2, -0.15) is 5.26 Å². The molecule has 1 fully saturated rings. The molecular weight excluding hydrogens is 246 g/mol. The van der Waals surface area contributed by atoms with Crippen LogP contribution in [-0.2, 0) is 6.54 Å². The van der Waals surface area contributed by atoms with E-state index in [1.807, 2.05) is 0 Å². The minimum absolute atomic E-state index is 0.676. The van der Waals surface area contributed by atoms with Crippen LogP contribution in [0, 0.1) is 17.2 Å². The Hall–Kier alpha value is -1.37. The molecule has 0 radical (unpaired) electrons. The van der Waals surface area contributed by atoms with Crippen molar-refractivity contribution in [3.8, 4) is 6.07 Å². The standard InChI is InChI=1S/C17H25N3/c1-19(11-6-5-10-18)13-17-9-12-20(15-17)14-16-7-3-2-4-8-16/h2-4,7-8,17H,5-6,9,11-15H2,1H3. The van der Waals surface area contributed by atoms with Crippen molar-refractivity contribution in [2.24, 2.45) is 5.92 Å². The Morgan fingerprint density at radius 2 is 2.15 bits per heavy atom. The molecule has 1 atom stereocenters. The van der Waals surface area contributed by atoms with E-state index in [4.69, 9.17) is 5.26 Å². The molecule has 0 aromatic heterocycles. The van der Waals surface area contributed by atoms with Gasteiger partial charge in [0.1, 0.15) is 0 Å². The molecule has 2 rings (SSSR count). The van der Waals surface area contributed by atoms with E-state index >= 15 is 0 Å². The first kappa shape index (κ1) is 15.0. The van der Waals surface area contributed by atoms with E-state index in [0.29, 0.717) is 6.42 Å². The van der Waals surface area contributed by atoms with Gasteiger partial charge in [-0.05, 0) is 44.5 Å². The zero-order valence-electron chi connectivity index (χ0n) is 12.5. The minimum Gasteiger partial charge on any atom is -0.306 e. The van der Waals surface area contributed by atoms with Crippen LogP contribution in [-0.4, -0.2) is 43.0 Å². The van der Waals surface area contributed by atoms with Crippen molar-refractivity contribution in [1.82, 2.24) is 9.80 Å². The third kappa shape index (κ3) is 4.96. The molecule has 0 amide bonds. The average molecular weight is 271 g/mol. The van der Waals surface area contributed by atoms with E-state index in [2.05, 4.69) is 53.2 Å². The van der Waals surface area contributed by atoms with Crippen LogP contribution in [0.15, 0.2) is 30.3 Å². The maximum Gasteiger partial charge on any atom is 0.0622 e. The highest BCUT2D eigenvalue weighted by molar-refractivity contribution is 5.14. The van der Waals surface area contributed by atoms with Crippen LogP contribution in [0.1, 0.15) is 24.8 Å². The molecule has 3 nitrogen and oxygen atoms in total. The topological polar surface area (TPSA) is 30.3 Å². The second kappa shape index (κ2) is 8.04. The highest BCUT2D eigenvalue weighted by Gasteiger charge is 2.23. The van der Waals surface area contributed by atoms with E-state index in [1.54, 1.807) is 0 Å². The van der Waals surface area contributed by atoms with Crippen LogP contribution in [0.25, 0.3) is 0 Å². The highest BCUT2D eigenvalue weighted by atomic mass is 15.2. The van der Waals surface area contributed by atoms with Gasteiger partial charge in [0.05, 0.1) is 6.07 Å². The van der Waals surface area contributed by atoms with Gasteiger partial charge < -0.3 is 4.90 Å². The Morgan fingerprint density at radius 3 is 2.90 bits per heavy atom. The first-order chi connectivity index (χ1) is 9.78. The van der Waals surface area contributed by atoms with Gasteiger partial charge in [-0.1, -0.05) is 30.3 Å². The predicted molar refractivity (Wildman–Crippen MR) is 82.2 cm³/mol. The lowest BCUT2D eigenvalue weighted by Gasteiger charge is -2.21. The summed E-state index contributed by atoms with van der Waals surface area (Å²) in [5, 5.41) is 8.56. The number of likely N-dealkylation sites (tertiary alicyclic amines) is 1. The molecular formula is C17H25N3. The molecule has 0 spiro atoms. The number of hydrogen-bond donors (Lipinski definition) is 0. The van der Waals surface area contributed by atoms with E-state index in [9.17, 15) is 0 Å². The monoisotopic (exact) mass is 271 g/mol. The Morgan fingerprint density at radius 1 is 1.35 bits per heavy atom. The number of nitrogens with zero attached hydrogens (tertiary/aromatic N) is 3. The summed E-state index contributed by atoms with van der Waals surface area (Å²) in [5.74, 6) is 0.783. The molecule has 1 aromatic carbocycles. The molecule has 0 N–H and O–H groups in total. The van der Waals surface area contributed by atoms with Crippen molar-refractivity contribution in [2.45, 2.75) is 25.8 Å². The quantitative estimate of drug-likeness (QED) is 0.714. The van der Waals surface area contributed by atoms with Gasteiger partial charge >= 0.3 is 0 Å². The molecule has 1 aliphatic rings. The molecule has 1 heterocycles. The molecule has 0 saturated carbocycles. The van der Waals surface area contributed by atoms with Crippen molar-refractivity contribution in [3.63, 3.8) is 0 Å². The summed E-state index contributed by atoms with van der Waals surface area (Å²) < 4.78 is 0. The summed E-state index contributed by atoms with van der Waals surface area (Å²) in [4.78, 5) is 4.94. The number of nitriles is 1. The SMILES string of the molecule is CN(CCCC#N)CC1CCN(Cc2ccccc2)C1. The van der Waals surface area contributed by atoms with Gasteiger partial charge in [-0.25, -0.2) is 0 Å². The van der Waals surface area contributed by atoms with Crippen molar-refractivity contribution in [1.29, 1.82) is 5.26 Å². The molecule has 3 heteroatoms. The second-order valence-electron chi connectivity index (χ2n) is 5.90. The fourth-order valence-electron chi connectivity index (χ4n) is 3.01. The Bertz CT molecular complexity index is 424. The van der Waals surface area contributed by atoms with Crippen LogP contribution < -0.4 is 0 Å². The normalized spacial score (nSPS) is 19.4. The van der Waals surface area contributed by atoms with Crippen molar-refractivity contribution in [2.75, 3.05) is 33.2 Å². The van der Waals surface area contributed by atoms with Crippen molar-refractivity contribution >= 4 is 0 Å². The molecule has 20 heavy (non-hydrogen) atoms. The number of rotatable bonds is 7. The highest BCUT2D eigenvalue weighted by Crippen LogP contribution is 2.19. The predicted octanol–water partition coefficient (Wildman–Crippen LogP) is 2.74. The van der Waals surface area contributed by atoms with Crippen molar-refractivity contribution < 1.29 is 0 Å². The third-order valence-corrected chi connectivity index (χ3v) is 4.02. The molecule has 1 aliphatic heterocycles. The van der Waals surface area contributed by atoms with E-state index in [1.165, 1.54) is 25.1 Å². The number of benzene rings is 1. The van der Waals surface area contributed by atoms with Gasteiger partial charge in [0, 0.05) is 26.1 Å². The fraction of sp³-hybridized carbons (Fsp3) is 0.588. The third-order valence-electron chi connectivity index (χ3n) is 4.02. The Kier molecular flexibility index (Phi) is 6.04. The molecule has 1 saturated heterocycles. The molecule has 108 valence electrons. The summed E-state index contributed by atoms with van der Waals surface area (Å²) in [5.41, 5.74) is 1.41. The average Bonchev–Trinajstić information content (AvgIpc) is 2.87. The molecule has 1 unspecified atom stereocenters. The lowest BCUT2D eigenvalue weighted by Crippen LogP contribution is -2.29. The van der Waals surface area contributed by atoms with Crippen LogP contribution in [0.4, 0.5) is 0 Å². The van der Waals surface area contributed by atoms with Gasteiger partial charge in [-0.15, -0.1) is 0 Å². The van der Waals surface area contributed by atoms with Crippen LogP contribution in [0.5, 0.6) is 0 Å². The maximum atomic E-state index is 8.56. The van der Waals surface area contributed by atoms with Gasteiger partial charge in [0.2, 0.25) is 0 Å². The second-order valence-corrected chi connectivity index (χ2v) is 5.90. The number of unbranched alkanes of at least 4 members (excludes halogenated alkanes) is 1. The summed E-state index contributed by atoms with van der Waals surface area (Å²) in [6.07, 6.45) is 2.97. The van der Waals surface area contributed by atoms with Crippen molar-refractivity contribution in [3.05, 3.63) is 35.9 Å². The number of hydrogen-bond acceptors (Lipinski definition) is 3. The maximum absolute atomic E-state index is 8.56. The molecule has 0 bridgehead atoms. The molecule has 0 aliphatic carbocycles. The lowest BCUT2D eigenvalue weighted by molar-refractivity contribution is 0.258. The Balaban J connectivity index is 1.68. The van der Waals surface area contributed by atoms with Gasteiger partial charge in [0.15, 0.2) is 0 Å². The summed E-state index contributed by atoms with van der Waals surface area (Å²) in [7, 11) is 2.18. The smallest absolute Gasteiger partial charge is 0.0622 e. The zero-order valence-corrected chi connectivity index (χ0v) is 12.5. The van der Waals surface area contributed by atoms with Gasteiger partial charge in [0.25, 0.3) is 0 Å². The fourth-order valence-corrected chi connectivity index (χ4v) is 3.01. The zero-order chi connectivity index (χ0) is 14.2. The molecule has 1 aromatic rings. The van der Waals surface area contributed by atoms with Crippen LogP contribution in [0.2, 0.25) is 0 Å². The van der Waals surface area contributed by atoms with Crippen LogP contribution in [0.3, 0.4) is 0 Å². The summed E-state index contributed by atoms with van der Waals surface area (Å²) in [6.45, 7) is 5.71. The summed E-state index contributed by atoms with van der Waals surface area (Å²) >= 11 is 0. The first-order valence-electron chi connectivity index (χ1n) is 7.59. The summed E-state index contributed by atoms with van der Waals surface area (Å²) in [6, 6.07) is 12.9. The van der Waals surface area contributed by atoms with Gasteiger partial charge in [-0.3, -0.25) is 4.90 Å². The Labute approximate surface area is 122 Å². The van der Waals surface area contributed by atoms with Crippen LogP contribution >= 0.6 is 0 Å². The van der Waals surface area contributed by atoms with E-state index in [-0.39, 0.29) is 0 Å². The van der Waals surface area contributed by atoms with E-state index < -0.39 is 0 Å². The first-order valence-corrected chi connectivity index (χ1v) is 7.59. The largest absolute Gasteiger partial charge is 0.306 e. The minimum atomic E-state index is 0.676. The van der Waals surface area contributed by atoms with E-state index in [0.717, 1.165) is 32.0 Å².